The maximum Gasteiger partial charge on any atom is 0.191 e. The Morgan fingerprint density at radius 2 is 2.19 bits per heavy atom. The summed E-state index contributed by atoms with van der Waals surface area (Å²) in [5.74, 6) is 1.83. The third kappa shape index (κ3) is 5.05. The van der Waals surface area contributed by atoms with Crippen LogP contribution in [0.15, 0.2) is 29.5 Å². The highest BCUT2D eigenvalue weighted by atomic mass is 35.5. The van der Waals surface area contributed by atoms with Crippen molar-refractivity contribution in [3.8, 4) is 11.5 Å². The van der Waals surface area contributed by atoms with E-state index in [1.165, 1.54) is 0 Å². The second-order valence-electron chi connectivity index (χ2n) is 6.23. The van der Waals surface area contributed by atoms with Crippen molar-refractivity contribution >= 4 is 17.6 Å². The van der Waals surface area contributed by atoms with E-state index in [4.69, 9.17) is 21.1 Å². The number of aliphatic imine (C=N–C) groups is 1. The van der Waals surface area contributed by atoms with E-state index in [0.29, 0.717) is 48.8 Å². The van der Waals surface area contributed by atoms with Crippen molar-refractivity contribution in [3.05, 3.63) is 40.7 Å². The second-order valence-corrected chi connectivity index (χ2v) is 6.63. The molecule has 3 N–H and O–H groups in total. The van der Waals surface area contributed by atoms with Gasteiger partial charge in [0.05, 0.1) is 30.5 Å². The van der Waals surface area contributed by atoms with Crippen molar-refractivity contribution in [2.24, 2.45) is 12.0 Å². The Morgan fingerprint density at radius 3 is 2.93 bits per heavy atom. The van der Waals surface area contributed by atoms with Crippen LogP contribution >= 0.6 is 11.6 Å². The smallest absolute Gasteiger partial charge is 0.191 e. The molecule has 0 aliphatic carbocycles. The van der Waals surface area contributed by atoms with Crippen molar-refractivity contribution in [3.63, 3.8) is 0 Å². The Kier molecular flexibility index (Phi) is 6.41. The number of hydrogen-bond donors (Lipinski definition) is 3. The normalized spacial score (nSPS) is 15.2. The minimum absolute atomic E-state index is 0.313. The van der Waals surface area contributed by atoms with Crippen molar-refractivity contribution in [1.29, 1.82) is 0 Å². The summed E-state index contributed by atoms with van der Waals surface area (Å²) in [5.41, 5.74) is 1.69. The first kappa shape index (κ1) is 19.3. The molecule has 1 aromatic carbocycles. The molecule has 3 rings (SSSR count). The highest BCUT2D eigenvalue weighted by Gasteiger charge is 2.16. The van der Waals surface area contributed by atoms with Crippen LogP contribution in [0.25, 0.3) is 0 Å². The Labute approximate surface area is 163 Å². The maximum absolute atomic E-state index is 10.2. The van der Waals surface area contributed by atoms with Crippen LogP contribution in [-0.2, 0) is 13.6 Å². The topological polar surface area (TPSA) is 92.9 Å². The number of aliphatic hydroxyl groups is 1. The van der Waals surface area contributed by atoms with Gasteiger partial charge in [0.2, 0.25) is 0 Å². The third-order valence-electron chi connectivity index (χ3n) is 4.12. The van der Waals surface area contributed by atoms with Crippen LogP contribution in [0, 0.1) is 0 Å². The van der Waals surface area contributed by atoms with Crippen LogP contribution < -0.4 is 20.1 Å². The molecule has 0 fully saturated rings. The fraction of sp³-hybridized carbons (Fsp3) is 0.444. The first-order valence-electron chi connectivity index (χ1n) is 8.76. The average Bonchev–Trinajstić information content (AvgIpc) is 2.95. The lowest BCUT2D eigenvalue weighted by Gasteiger charge is -2.16. The number of benzene rings is 1. The minimum Gasteiger partial charge on any atom is -0.489 e. The number of nitrogens with zero attached hydrogens (tertiary/aromatic N) is 3. The van der Waals surface area contributed by atoms with Crippen LogP contribution in [-0.4, -0.2) is 47.7 Å². The summed E-state index contributed by atoms with van der Waals surface area (Å²) in [6.45, 7) is 2.02. The molecule has 0 radical (unpaired) electrons. The summed E-state index contributed by atoms with van der Waals surface area (Å²) < 4.78 is 13.0. The van der Waals surface area contributed by atoms with E-state index >= 15 is 0 Å². The molecule has 0 saturated carbocycles. The molecule has 2 aromatic rings. The number of aromatic nitrogens is 2. The molecule has 1 aromatic heterocycles. The molecule has 0 saturated heterocycles. The number of aliphatic hydroxyl groups excluding tert-OH is 1. The molecule has 0 spiro atoms. The summed E-state index contributed by atoms with van der Waals surface area (Å²) in [6, 6.07) is 3.76. The van der Waals surface area contributed by atoms with Crippen molar-refractivity contribution in [1.82, 2.24) is 20.4 Å². The van der Waals surface area contributed by atoms with Crippen molar-refractivity contribution in [2.75, 3.05) is 26.8 Å². The molecule has 1 unspecified atom stereocenters. The van der Waals surface area contributed by atoms with Gasteiger partial charge in [-0.1, -0.05) is 11.6 Å². The van der Waals surface area contributed by atoms with Gasteiger partial charge in [-0.05, 0) is 17.7 Å². The Balaban J connectivity index is 1.56. The van der Waals surface area contributed by atoms with Gasteiger partial charge in [-0.25, -0.2) is 0 Å². The van der Waals surface area contributed by atoms with Crippen LogP contribution in [0.1, 0.15) is 23.7 Å². The average molecular weight is 394 g/mol. The zero-order valence-electron chi connectivity index (χ0n) is 15.4. The van der Waals surface area contributed by atoms with Gasteiger partial charge in [-0.15, -0.1) is 0 Å². The van der Waals surface area contributed by atoms with E-state index in [1.807, 2.05) is 19.2 Å². The van der Waals surface area contributed by atoms with Gasteiger partial charge in [0.1, 0.15) is 0 Å². The number of aryl methyl sites for hydroxylation is 1. The predicted molar refractivity (Wildman–Crippen MR) is 103 cm³/mol. The lowest BCUT2D eigenvalue weighted by atomic mass is 10.2. The fourth-order valence-corrected chi connectivity index (χ4v) is 3.00. The predicted octanol–water partition coefficient (Wildman–Crippen LogP) is 1.63. The molecular formula is C18H24ClN5O3. The number of nitrogens with one attached hydrogen (secondary N) is 2. The van der Waals surface area contributed by atoms with Crippen LogP contribution in [0.5, 0.6) is 11.5 Å². The summed E-state index contributed by atoms with van der Waals surface area (Å²) >= 11 is 6.32. The zero-order chi connectivity index (χ0) is 19.2. The Bertz CT molecular complexity index is 808. The molecular weight excluding hydrogens is 370 g/mol. The molecule has 8 nitrogen and oxygen atoms in total. The molecule has 1 aliphatic rings. The monoisotopic (exact) mass is 393 g/mol. The van der Waals surface area contributed by atoms with Gasteiger partial charge in [-0.2, -0.15) is 5.10 Å². The molecule has 1 atom stereocenters. The van der Waals surface area contributed by atoms with E-state index in [2.05, 4.69) is 20.7 Å². The molecule has 27 heavy (non-hydrogen) atoms. The molecule has 9 heteroatoms. The highest BCUT2D eigenvalue weighted by molar-refractivity contribution is 6.32. The van der Waals surface area contributed by atoms with Gasteiger partial charge < -0.3 is 25.2 Å². The van der Waals surface area contributed by atoms with Crippen molar-refractivity contribution < 1.29 is 14.6 Å². The number of guanidine groups is 1. The largest absolute Gasteiger partial charge is 0.489 e. The standard InChI is InChI=1S/C18H24ClN5O3/c1-20-18(22-10-15(25)13-9-23-24(2)11-13)21-8-12-6-14(19)17-16(7-12)26-4-3-5-27-17/h6-7,9,11,15,25H,3-5,8,10H2,1-2H3,(H2,20,21,22). The quantitative estimate of drug-likeness (QED) is 0.528. The lowest BCUT2D eigenvalue weighted by molar-refractivity contribution is 0.180. The fourth-order valence-electron chi connectivity index (χ4n) is 2.72. The zero-order valence-corrected chi connectivity index (χ0v) is 16.2. The van der Waals surface area contributed by atoms with Gasteiger partial charge >= 0.3 is 0 Å². The molecule has 146 valence electrons. The SMILES string of the molecule is CN=C(NCc1cc(Cl)c2c(c1)OCCCO2)NCC(O)c1cnn(C)c1. The first-order chi connectivity index (χ1) is 13.1. The van der Waals surface area contributed by atoms with Crippen molar-refractivity contribution in [2.45, 2.75) is 19.1 Å². The van der Waals surface area contributed by atoms with Gasteiger partial charge in [0, 0.05) is 45.4 Å². The summed E-state index contributed by atoms with van der Waals surface area (Å²) in [6.07, 6.45) is 3.57. The first-order valence-corrected chi connectivity index (χ1v) is 9.13. The number of fused-ring (bicyclic) bond motifs is 1. The van der Waals surface area contributed by atoms with Gasteiger partial charge in [-0.3, -0.25) is 9.67 Å². The molecule has 2 heterocycles. The maximum atomic E-state index is 10.2. The van der Waals surface area contributed by atoms with Gasteiger partial charge in [0.25, 0.3) is 0 Å². The Hall–Kier alpha value is -2.45. The van der Waals surface area contributed by atoms with E-state index in [9.17, 15) is 5.11 Å². The lowest BCUT2D eigenvalue weighted by Crippen LogP contribution is -2.39. The summed E-state index contributed by atoms with van der Waals surface area (Å²) in [5, 5.41) is 21.1. The number of ether oxygens (including phenoxy) is 2. The number of rotatable bonds is 5. The van der Waals surface area contributed by atoms with Crippen LogP contribution in [0.4, 0.5) is 0 Å². The molecule has 0 amide bonds. The second kappa shape index (κ2) is 8.96. The van der Waals surface area contributed by atoms with Crippen LogP contribution in [0.3, 0.4) is 0 Å². The van der Waals surface area contributed by atoms with E-state index in [1.54, 1.807) is 24.1 Å². The minimum atomic E-state index is -0.676. The molecule has 1 aliphatic heterocycles. The number of halogens is 1. The number of hydrogen-bond acceptors (Lipinski definition) is 5. The van der Waals surface area contributed by atoms with E-state index < -0.39 is 6.10 Å². The van der Waals surface area contributed by atoms with E-state index in [0.717, 1.165) is 17.5 Å². The van der Waals surface area contributed by atoms with E-state index in [-0.39, 0.29) is 0 Å². The third-order valence-corrected chi connectivity index (χ3v) is 4.40. The highest BCUT2D eigenvalue weighted by Crippen LogP contribution is 2.37. The summed E-state index contributed by atoms with van der Waals surface area (Å²) in [7, 11) is 3.48. The molecule has 0 bridgehead atoms. The van der Waals surface area contributed by atoms with Crippen LogP contribution in [0.2, 0.25) is 5.02 Å². The summed E-state index contributed by atoms with van der Waals surface area (Å²) in [4.78, 5) is 4.17. The van der Waals surface area contributed by atoms with Gasteiger partial charge in [0.15, 0.2) is 17.5 Å². The Morgan fingerprint density at radius 1 is 1.37 bits per heavy atom.